The first-order valence-corrected chi connectivity index (χ1v) is 5.53. The minimum Gasteiger partial charge on any atom is -0.432 e. The van der Waals surface area contributed by atoms with E-state index >= 15 is 0 Å². The number of nitrogens with two attached hydrogens (primary N) is 1. The van der Waals surface area contributed by atoms with E-state index in [-0.39, 0.29) is 24.3 Å². The monoisotopic (exact) mass is 302 g/mol. The summed E-state index contributed by atoms with van der Waals surface area (Å²) in [5.41, 5.74) is 5.34. The maximum absolute atomic E-state index is 13.2. The van der Waals surface area contributed by atoms with Gasteiger partial charge >= 0.3 is 12.8 Å². The van der Waals surface area contributed by atoms with Crippen LogP contribution < -0.4 is 15.8 Å². The predicted molar refractivity (Wildman–Crippen MR) is 61.2 cm³/mol. The smallest absolute Gasteiger partial charge is 0.389 e. The first-order valence-electron chi connectivity index (χ1n) is 5.53. The van der Waals surface area contributed by atoms with Gasteiger partial charge in [-0.2, -0.15) is 22.0 Å². The molecule has 0 heterocycles. The number of nitrogen functional groups attached to an aromatic ring is 1. The highest BCUT2D eigenvalue weighted by Gasteiger charge is 2.25. The lowest BCUT2D eigenvalue weighted by atomic mass is 10.2. The fraction of sp³-hybridized carbons (Fsp3) is 0.455. The van der Waals surface area contributed by atoms with Crippen molar-refractivity contribution in [3.8, 4) is 5.75 Å². The molecule has 3 N–H and O–H groups in total. The topological polar surface area (TPSA) is 47.3 Å². The van der Waals surface area contributed by atoms with Crippen molar-refractivity contribution in [3.63, 3.8) is 0 Å². The van der Waals surface area contributed by atoms with Crippen molar-refractivity contribution in [2.45, 2.75) is 25.6 Å². The number of anilines is 2. The van der Waals surface area contributed by atoms with E-state index in [9.17, 15) is 26.3 Å². The molecular formula is C11H12F6N2O. The van der Waals surface area contributed by atoms with Crippen molar-refractivity contribution >= 4 is 11.4 Å². The van der Waals surface area contributed by atoms with Gasteiger partial charge in [-0.3, -0.25) is 0 Å². The van der Waals surface area contributed by atoms with Gasteiger partial charge in [0, 0.05) is 25.1 Å². The van der Waals surface area contributed by atoms with Crippen LogP contribution in [0.4, 0.5) is 37.7 Å². The molecule has 1 aromatic rings. The molecule has 20 heavy (non-hydrogen) atoms. The quantitative estimate of drug-likeness (QED) is 0.478. The Morgan fingerprint density at radius 2 is 1.90 bits per heavy atom. The third-order valence-electron chi connectivity index (χ3n) is 2.27. The highest BCUT2D eigenvalue weighted by molar-refractivity contribution is 5.68. The van der Waals surface area contributed by atoms with E-state index < -0.39 is 30.8 Å². The molecule has 0 spiro atoms. The molecule has 0 saturated carbocycles. The van der Waals surface area contributed by atoms with Gasteiger partial charge in [-0.05, 0) is 6.42 Å². The molecule has 0 radical (unpaired) electrons. The molecule has 114 valence electrons. The third-order valence-corrected chi connectivity index (χ3v) is 2.27. The molecule has 0 aliphatic heterocycles. The zero-order valence-electron chi connectivity index (χ0n) is 10.1. The zero-order valence-corrected chi connectivity index (χ0v) is 10.1. The predicted octanol–water partition coefficient (Wildman–Crippen LogP) is 3.76. The molecule has 1 aromatic carbocycles. The molecule has 0 atom stereocenters. The number of ether oxygens (including phenoxy) is 1. The molecule has 0 saturated heterocycles. The second-order valence-electron chi connectivity index (χ2n) is 3.89. The molecular weight excluding hydrogens is 290 g/mol. The second kappa shape index (κ2) is 6.58. The van der Waals surface area contributed by atoms with Gasteiger partial charge in [0.2, 0.25) is 0 Å². The number of halogens is 6. The molecule has 0 aromatic heterocycles. The minimum absolute atomic E-state index is 0.0317. The van der Waals surface area contributed by atoms with E-state index in [1.165, 1.54) is 0 Å². The highest BCUT2D eigenvalue weighted by Crippen LogP contribution is 2.29. The van der Waals surface area contributed by atoms with Crippen molar-refractivity contribution in [3.05, 3.63) is 17.9 Å². The van der Waals surface area contributed by atoms with Crippen LogP contribution >= 0.6 is 0 Å². The number of alkyl halides is 5. The Morgan fingerprint density at radius 3 is 2.45 bits per heavy atom. The van der Waals surface area contributed by atoms with Crippen molar-refractivity contribution in [2.75, 3.05) is 17.6 Å². The lowest BCUT2D eigenvalue weighted by Crippen LogP contribution is -2.12. The first kappa shape index (κ1) is 16.3. The summed E-state index contributed by atoms with van der Waals surface area (Å²) >= 11 is 0. The van der Waals surface area contributed by atoms with E-state index in [0.717, 1.165) is 12.1 Å². The Labute approximate surface area is 110 Å². The summed E-state index contributed by atoms with van der Waals surface area (Å²) in [6.45, 7) is -3.31. The maximum Gasteiger partial charge on any atom is 0.389 e. The highest BCUT2D eigenvalue weighted by atomic mass is 19.4. The van der Waals surface area contributed by atoms with Gasteiger partial charge in [-0.25, -0.2) is 4.39 Å². The summed E-state index contributed by atoms with van der Waals surface area (Å²) in [5.74, 6) is -1.81. The van der Waals surface area contributed by atoms with Crippen LogP contribution in [0, 0.1) is 5.82 Å². The molecule has 0 unspecified atom stereocenters. The number of rotatable bonds is 6. The van der Waals surface area contributed by atoms with Gasteiger partial charge in [0.1, 0.15) is 0 Å². The Bertz CT molecular complexity index is 449. The maximum atomic E-state index is 13.2. The van der Waals surface area contributed by atoms with Crippen molar-refractivity contribution in [1.82, 2.24) is 0 Å². The average molecular weight is 302 g/mol. The SMILES string of the molecule is Nc1cc(F)c(OC(F)F)cc1NCCCC(F)(F)F. The lowest BCUT2D eigenvalue weighted by molar-refractivity contribution is -0.134. The Balaban J connectivity index is 2.65. The van der Waals surface area contributed by atoms with E-state index in [0.29, 0.717) is 0 Å². The first-order chi connectivity index (χ1) is 9.19. The van der Waals surface area contributed by atoms with Crippen LogP contribution in [0.25, 0.3) is 0 Å². The minimum atomic E-state index is -4.28. The molecule has 0 aliphatic carbocycles. The summed E-state index contributed by atoms with van der Waals surface area (Å²) in [6.07, 6.45) is -5.51. The third kappa shape index (κ3) is 5.45. The van der Waals surface area contributed by atoms with Crippen LogP contribution in [0.5, 0.6) is 5.75 Å². The normalized spacial score (nSPS) is 11.8. The van der Waals surface area contributed by atoms with Gasteiger partial charge in [0.15, 0.2) is 11.6 Å². The standard InChI is InChI=1S/C11H12F6N2O/c12-6-4-7(18)8(5-9(6)20-10(13)14)19-3-1-2-11(15,16)17/h4-5,10,19H,1-3,18H2. The van der Waals surface area contributed by atoms with Gasteiger partial charge in [0.05, 0.1) is 11.4 Å². The number of nitrogens with one attached hydrogen (secondary N) is 1. The van der Waals surface area contributed by atoms with E-state index in [4.69, 9.17) is 5.73 Å². The van der Waals surface area contributed by atoms with Gasteiger partial charge in [-0.1, -0.05) is 0 Å². The van der Waals surface area contributed by atoms with Crippen molar-refractivity contribution in [1.29, 1.82) is 0 Å². The van der Waals surface area contributed by atoms with Crippen LogP contribution in [0.3, 0.4) is 0 Å². The van der Waals surface area contributed by atoms with Gasteiger partial charge < -0.3 is 15.8 Å². The fourth-order valence-corrected chi connectivity index (χ4v) is 1.42. The number of benzene rings is 1. The van der Waals surface area contributed by atoms with Crippen LogP contribution in [0.15, 0.2) is 12.1 Å². The van der Waals surface area contributed by atoms with Crippen LogP contribution in [0.1, 0.15) is 12.8 Å². The van der Waals surface area contributed by atoms with Gasteiger partial charge in [-0.15, -0.1) is 0 Å². The number of hydrogen-bond acceptors (Lipinski definition) is 3. The Morgan fingerprint density at radius 1 is 1.25 bits per heavy atom. The van der Waals surface area contributed by atoms with Crippen LogP contribution in [-0.4, -0.2) is 19.3 Å². The summed E-state index contributed by atoms with van der Waals surface area (Å²) < 4.78 is 76.9. The summed E-state index contributed by atoms with van der Waals surface area (Å²) in [5, 5.41) is 2.51. The number of hydrogen-bond donors (Lipinski definition) is 2. The Kier molecular flexibility index (Phi) is 5.34. The van der Waals surface area contributed by atoms with Crippen molar-refractivity contribution < 1.29 is 31.1 Å². The molecule has 9 heteroatoms. The van der Waals surface area contributed by atoms with Crippen LogP contribution in [-0.2, 0) is 0 Å². The average Bonchev–Trinajstić information content (AvgIpc) is 2.28. The molecule has 3 nitrogen and oxygen atoms in total. The molecule has 0 aliphatic rings. The molecule has 0 amide bonds. The second-order valence-corrected chi connectivity index (χ2v) is 3.89. The van der Waals surface area contributed by atoms with E-state index in [1.807, 2.05) is 0 Å². The van der Waals surface area contributed by atoms with E-state index in [2.05, 4.69) is 10.1 Å². The van der Waals surface area contributed by atoms with Crippen molar-refractivity contribution in [2.24, 2.45) is 0 Å². The summed E-state index contributed by atoms with van der Waals surface area (Å²) in [7, 11) is 0. The summed E-state index contributed by atoms with van der Waals surface area (Å²) in [4.78, 5) is 0. The Hall–Kier alpha value is -1.80. The van der Waals surface area contributed by atoms with Crippen LogP contribution in [0.2, 0.25) is 0 Å². The fourth-order valence-electron chi connectivity index (χ4n) is 1.42. The molecule has 0 bridgehead atoms. The largest absolute Gasteiger partial charge is 0.432 e. The zero-order chi connectivity index (χ0) is 15.3. The van der Waals surface area contributed by atoms with Gasteiger partial charge in [0.25, 0.3) is 0 Å². The molecule has 1 rings (SSSR count). The van der Waals surface area contributed by atoms with E-state index in [1.54, 1.807) is 0 Å². The summed E-state index contributed by atoms with van der Waals surface area (Å²) in [6, 6.07) is 1.63. The lowest BCUT2D eigenvalue weighted by Gasteiger charge is -2.13. The molecule has 0 fully saturated rings.